The van der Waals surface area contributed by atoms with E-state index in [0.29, 0.717) is 35.4 Å². The second kappa shape index (κ2) is 12.8. The zero-order valence-electron chi connectivity index (χ0n) is 23.4. The fourth-order valence-corrected chi connectivity index (χ4v) is 5.99. The lowest BCUT2D eigenvalue weighted by atomic mass is 9.75. The molecule has 0 radical (unpaired) electrons. The molecule has 1 aliphatic rings. The molecule has 0 aromatic heterocycles. The number of aromatic hydroxyl groups is 1. The Bertz CT molecular complexity index is 961. The van der Waals surface area contributed by atoms with Crippen molar-refractivity contribution in [3.05, 3.63) is 65.2 Å². The maximum Gasteiger partial charge on any atom is 0.338 e. The number of carbonyl (C=O) groups is 1. The Balaban J connectivity index is 1.88. The average molecular weight is 494 g/mol. The molecule has 0 spiro atoms. The van der Waals surface area contributed by atoms with Gasteiger partial charge >= 0.3 is 5.97 Å². The van der Waals surface area contributed by atoms with E-state index < -0.39 is 0 Å². The Morgan fingerprint density at radius 3 is 2.28 bits per heavy atom. The minimum absolute atomic E-state index is 0.0166. The Kier molecular flexibility index (Phi) is 10.0. The molecule has 1 fully saturated rings. The maximum absolute atomic E-state index is 13.3. The van der Waals surface area contributed by atoms with Gasteiger partial charge in [-0.1, -0.05) is 57.5 Å². The van der Waals surface area contributed by atoms with Gasteiger partial charge in [-0.05, 0) is 95.0 Å². The summed E-state index contributed by atoms with van der Waals surface area (Å²) >= 11 is 0. The van der Waals surface area contributed by atoms with Crippen molar-refractivity contribution in [1.82, 2.24) is 4.90 Å². The van der Waals surface area contributed by atoms with Crippen molar-refractivity contribution < 1.29 is 14.6 Å². The second-order valence-corrected chi connectivity index (χ2v) is 11.7. The number of carbonyl (C=O) groups excluding carboxylic acids is 1. The average Bonchev–Trinajstić information content (AvgIpc) is 2.82. The molecule has 3 rings (SSSR count). The number of phenolic OH excluding ortho intramolecular Hbond substituents is 1. The van der Waals surface area contributed by atoms with Gasteiger partial charge in [-0.3, -0.25) is 4.90 Å². The van der Waals surface area contributed by atoms with Crippen LogP contribution in [0.5, 0.6) is 5.75 Å². The van der Waals surface area contributed by atoms with Gasteiger partial charge in [0.1, 0.15) is 11.9 Å². The number of phenols is 1. The van der Waals surface area contributed by atoms with E-state index in [4.69, 9.17) is 4.74 Å². The Labute approximate surface area is 219 Å². The molecule has 1 aliphatic carbocycles. The Morgan fingerprint density at radius 2 is 1.67 bits per heavy atom. The number of rotatable bonds is 10. The van der Waals surface area contributed by atoms with E-state index >= 15 is 0 Å². The Hall–Kier alpha value is -2.33. The van der Waals surface area contributed by atoms with Crippen LogP contribution in [0.1, 0.15) is 102 Å². The number of esters is 1. The first-order valence-electron chi connectivity index (χ1n) is 13.9. The van der Waals surface area contributed by atoms with Gasteiger partial charge in [0.15, 0.2) is 0 Å². The largest absolute Gasteiger partial charge is 0.508 e. The number of hydrogen-bond acceptors (Lipinski definition) is 4. The van der Waals surface area contributed by atoms with Gasteiger partial charge < -0.3 is 9.84 Å². The smallest absolute Gasteiger partial charge is 0.338 e. The van der Waals surface area contributed by atoms with Crippen LogP contribution in [-0.2, 0) is 4.74 Å². The zero-order chi connectivity index (χ0) is 26.4. The van der Waals surface area contributed by atoms with Crippen molar-refractivity contribution in [2.24, 2.45) is 17.8 Å². The summed E-state index contributed by atoms with van der Waals surface area (Å²) in [6.07, 6.45) is 4.03. The number of nitrogens with zero attached hydrogens (tertiary/aromatic N) is 1. The van der Waals surface area contributed by atoms with E-state index in [-0.39, 0.29) is 23.7 Å². The molecule has 198 valence electrons. The quantitative estimate of drug-likeness (QED) is 0.345. The third kappa shape index (κ3) is 7.12. The molecule has 1 N–H and O–H groups in total. The van der Waals surface area contributed by atoms with Crippen LogP contribution in [-0.4, -0.2) is 40.7 Å². The summed E-state index contributed by atoms with van der Waals surface area (Å²) < 4.78 is 6.13. The summed E-state index contributed by atoms with van der Waals surface area (Å²) in [4.78, 5) is 15.8. The first-order chi connectivity index (χ1) is 17.1. The van der Waals surface area contributed by atoms with Gasteiger partial charge in [0.25, 0.3) is 0 Å². The van der Waals surface area contributed by atoms with E-state index in [2.05, 4.69) is 65.5 Å². The van der Waals surface area contributed by atoms with Gasteiger partial charge in [-0.25, -0.2) is 4.79 Å². The Morgan fingerprint density at radius 1 is 1.00 bits per heavy atom. The minimum Gasteiger partial charge on any atom is -0.508 e. The summed E-state index contributed by atoms with van der Waals surface area (Å²) in [6.45, 7) is 16.5. The van der Waals surface area contributed by atoms with Gasteiger partial charge in [0, 0.05) is 23.6 Å². The highest BCUT2D eigenvalue weighted by Gasteiger charge is 2.34. The van der Waals surface area contributed by atoms with Crippen molar-refractivity contribution in [2.75, 3.05) is 6.54 Å². The topological polar surface area (TPSA) is 49.8 Å². The van der Waals surface area contributed by atoms with Crippen LogP contribution in [0.2, 0.25) is 0 Å². The number of hydrogen-bond donors (Lipinski definition) is 1. The molecule has 2 aromatic carbocycles. The summed E-state index contributed by atoms with van der Waals surface area (Å²) in [5.41, 5.74) is 2.46. The van der Waals surface area contributed by atoms with Crippen LogP contribution >= 0.6 is 0 Å². The maximum atomic E-state index is 13.3. The van der Waals surface area contributed by atoms with Crippen LogP contribution in [0.4, 0.5) is 0 Å². The highest BCUT2D eigenvalue weighted by atomic mass is 16.5. The molecule has 0 bridgehead atoms. The molecule has 4 atom stereocenters. The van der Waals surface area contributed by atoms with E-state index in [0.717, 1.165) is 36.9 Å². The molecule has 2 aromatic rings. The molecule has 4 nitrogen and oxygen atoms in total. The van der Waals surface area contributed by atoms with E-state index in [1.807, 2.05) is 24.3 Å². The predicted molar refractivity (Wildman–Crippen MR) is 149 cm³/mol. The SMILES string of the molecule is CC(C)[C@H]1CC[C@H](C)C[C@@H]1OC(=O)c1ccc(O)c(C(CCN(C(C)C)C(C)C)c2ccccc2)c1. The first kappa shape index (κ1) is 28.2. The van der Waals surface area contributed by atoms with Gasteiger partial charge in [0.05, 0.1) is 5.56 Å². The van der Waals surface area contributed by atoms with Crippen LogP contribution in [0, 0.1) is 17.8 Å². The van der Waals surface area contributed by atoms with Gasteiger partial charge in [-0.2, -0.15) is 0 Å². The van der Waals surface area contributed by atoms with Crippen LogP contribution in [0.3, 0.4) is 0 Å². The van der Waals surface area contributed by atoms with Crippen molar-refractivity contribution in [3.63, 3.8) is 0 Å². The number of ether oxygens (including phenoxy) is 1. The van der Waals surface area contributed by atoms with E-state index in [9.17, 15) is 9.90 Å². The third-order valence-electron chi connectivity index (χ3n) is 8.06. The normalized spacial score (nSPS) is 21.4. The van der Waals surface area contributed by atoms with Crippen molar-refractivity contribution in [2.45, 2.75) is 98.3 Å². The predicted octanol–water partition coefficient (Wildman–Crippen LogP) is 7.65. The molecule has 0 saturated heterocycles. The summed E-state index contributed by atoms with van der Waals surface area (Å²) in [5, 5.41) is 10.9. The molecule has 0 heterocycles. The lowest BCUT2D eigenvalue weighted by Gasteiger charge is -2.36. The molecular weight excluding hydrogens is 446 g/mol. The van der Waals surface area contributed by atoms with Crippen molar-refractivity contribution in [3.8, 4) is 5.75 Å². The van der Waals surface area contributed by atoms with Crippen LogP contribution < -0.4 is 0 Å². The van der Waals surface area contributed by atoms with Crippen molar-refractivity contribution >= 4 is 5.97 Å². The summed E-state index contributed by atoms with van der Waals surface area (Å²) in [5.74, 6) is 1.39. The van der Waals surface area contributed by atoms with E-state index in [1.54, 1.807) is 12.1 Å². The highest BCUT2D eigenvalue weighted by molar-refractivity contribution is 5.90. The fourth-order valence-electron chi connectivity index (χ4n) is 5.99. The molecule has 1 saturated carbocycles. The molecular formula is C32H47NO3. The highest BCUT2D eigenvalue weighted by Crippen LogP contribution is 2.37. The van der Waals surface area contributed by atoms with E-state index in [1.165, 1.54) is 6.42 Å². The van der Waals surface area contributed by atoms with Gasteiger partial charge in [0.2, 0.25) is 0 Å². The van der Waals surface area contributed by atoms with Crippen LogP contribution in [0.25, 0.3) is 0 Å². The molecule has 4 heteroatoms. The third-order valence-corrected chi connectivity index (χ3v) is 8.06. The number of benzene rings is 2. The lowest BCUT2D eigenvalue weighted by molar-refractivity contribution is -0.0174. The first-order valence-corrected chi connectivity index (χ1v) is 13.9. The summed E-state index contributed by atoms with van der Waals surface area (Å²) in [7, 11) is 0. The van der Waals surface area contributed by atoms with Gasteiger partial charge in [-0.15, -0.1) is 0 Å². The fraction of sp³-hybridized carbons (Fsp3) is 0.594. The molecule has 36 heavy (non-hydrogen) atoms. The van der Waals surface area contributed by atoms with Crippen molar-refractivity contribution in [1.29, 1.82) is 0 Å². The lowest BCUT2D eigenvalue weighted by Crippen LogP contribution is -2.38. The molecule has 0 aliphatic heterocycles. The minimum atomic E-state index is -0.279. The summed E-state index contributed by atoms with van der Waals surface area (Å²) in [6, 6.07) is 16.4. The molecule has 0 amide bonds. The monoisotopic (exact) mass is 493 g/mol. The second-order valence-electron chi connectivity index (χ2n) is 11.7. The standard InChI is InChI=1S/C32H47NO3/c1-21(2)27-15-13-24(7)19-31(27)36-32(35)26-14-16-30(34)29(20-26)28(25-11-9-8-10-12-25)17-18-33(22(3)4)23(5)6/h8-12,14,16,20-24,27-28,31,34H,13,15,17-19H2,1-7H3/t24-,27+,28?,31-/m0/s1. The van der Waals surface area contributed by atoms with Crippen LogP contribution in [0.15, 0.2) is 48.5 Å². The zero-order valence-corrected chi connectivity index (χ0v) is 23.4. The molecule has 1 unspecified atom stereocenters.